The summed E-state index contributed by atoms with van der Waals surface area (Å²) in [7, 11) is 1.72. The lowest BCUT2D eigenvalue weighted by molar-refractivity contribution is -0.384. The molecule has 3 rings (SSSR count). The first kappa shape index (κ1) is 14.5. The molecule has 5 nitrogen and oxygen atoms in total. The van der Waals surface area contributed by atoms with Crippen LogP contribution in [0, 0.1) is 10.1 Å². The molecule has 0 aliphatic carbocycles. The highest BCUT2D eigenvalue weighted by molar-refractivity contribution is 9.10. The minimum absolute atomic E-state index is 0.00380. The minimum Gasteiger partial charge on any atom is -0.311 e. The van der Waals surface area contributed by atoms with E-state index in [9.17, 15) is 14.9 Å². The van der Waals surface area contributed by atoms with Crippen LogP contribution < -0.4 is 5.56 Å². The predicted octanol–water partition coefficient (Wildman–Crippen LogP) is 3.88. The topological polar surface area (TPSA) is 65.1 Å². The molecule has 1 heterocycles. The van der Waals surface area contributed by atoms with Crippen LogP contribution in [0.25, 0.3) is 22.0 Å². The van der Waals surface area contributed by atoms with Crippen molar-refractivity contribution in [2.75, 3.05) is 0 Å². The summed E-state index contributed by atoms with van der Waals surface area (Å²) >= 11 is 3.42. The zero-order chi connectivity index (χ0) is 15.9. The second-order valence-corrected chi connectivity index (χ2v) is 5.84. The molecule has 0 saturated heterocycles. The molecule has 0 aliphatic rings. The van der Waals surface area contributed by atoms with E-state index in [0.29, 0.717) is 11.1 Å². The largest absolute Gasteiger partial charge is 0.311 e. The third-order valence-electron chi connectivity index (χ3n) is 3.57. The van der Waals surface area contributed by atoms with E-state index >= 15 is 0 Å². The Kier molecular flexibility index (Phi) is 3.54. The first-order chi connectivity index (χ1) is 10.5. The van der Waals surface area contributed by atoms with E-state index in [1.165, 1.54) is 12.1 Å². The third-order valence-corrected chi connectivity index (χ3v) is 4.07. The van der Waals surface area contributed by atoms with Gasteiger partial charge in [-0.3, -0.25) is 14.9 Å². The zero-order valence-corrected chi connectivity index (χ0v) is 13.2. The van der Waals surface area contributed by atoms with Crippen molar-refractivity contribution in [1.82, 2.24) is 4.57 Å². The molecular formula is C16H11BrN2O3. The van der Waals surface area contributed by atoms with E-state index in [1.807, 2.05) is 24.3 Å². The number of rotatable bonds is 2. The van der Waals surface area contributed by atoms with Crippen molar-refractivity contribution in [2.45, 2.75) is 0 Å². The second-order valence-electron chi connectivity index (χ2n) is 4.93. The molecule has 0 spiro atoms. The van der Waals surface area contributed by atoms with E-state index in [4.69, 9.17) is 0 Å². The van der Waals surface area contributed by atoms with Crippen LogP contribution in [0.5, 0.6) is 0 Å². The molecule has 0 saturated carbocycles. The summed E-state index contributed by atoms with van der Waals surface area (Å²) in [6, 6.07) is 13.5. The fraction of sp³-hybridized carbons (Fsp3) is 0.0625. The number of hydrogen-bond donors (Lipinski definition) is 0. The van der Waals surface area contributed by atoms with Gasteiger partial charge in [0, 0.05) is 34.6 Å². The summed E-state index contributed by atoms with van der Waals surface area (Å²) < 4.78 is 2.51. The number of nitro groups is 1. The summed E-state index contributed by atoms with van der Waals surface area (Å²) in [5, 5.41) is 11.6. The highest BCUT2D eigenvalue weighted by atomic mass is 79.9. The number of fused-ring (bicyclic) bond motifs is 1. The van der Waals surface area contributed by atoms with Gasteiger partial charge in [-0.1, -0.05) is 15.9 Å². The Balaban J connectivity index is 2.24. The Hall–Kier alpha value is -2.47. The van der Waals surface area contributed by atoms with Crippen molar-refractivity contribution in [3.8, 4) is 11.1 Å². The van der Waals surface area contributed by atoms with Crippen LogP contribution in [-0.4, -0.2) is 9.49 Å². The number of aromatic nitrogens is 1. The predicted molar refractivity (Wildman–Crippen MR) is 89.0 cm³/mol. The number of nitro benzene ring substituents is 1. The van der Waals surface area contributed by atoms with Crippen LogP contribution in [0.4, 0.5) is 5.69 Å². The molecule has 6 heteroatoms. The van der Waals surface area contributed by atoms with Gasteiger partial charge in [0.15, 0.2) is 0 Å². The number of benzene rings is 2. The molecule has 0 atom stereocenters. The van der Waals surface area contributed by atoms with E-state index < -0.39 is 4.92 Å². The first-order valence-electron chi connectivity index (χ1n) is 6.51. The second kappa shape index (κ2) is 5.38. The average Bonchev–Trinajstić information content (AvgIpc) is 2.51. The van der Waals surface area contributed by atoms with Gasteiger partial charge in [-0.15, -0.1) is 0 Å². The summed E-state index contributed by atoms with van der Waals surface area (Å²) in [5.74, 6) is 0. The number of halogens is 1. The third kappa shape index (κ3) is 2.42. The van der Waals surface area contributed by atoms with Crippen molar-refractivity contribution < 1.29 is 4.92 Å². The quantitative estimate of drug-likeness (QED) is 0.515. The molecule has 0 unspecified atom stereocenters. The van der Waals surface area contributed by atoms with Crippen LogP contribution in [-0.2, 0) is 7.05 Å². The molecule has 0 radical (unpaired) electrons. The normalized spacial score (nSPS) is 10.8. The van der Waals surface area contributed by atoms with Gasteiger partial charge in [0.25, 0.3) is 11.2 Å². The number of non-ortho nitro benzene ring substituents is 1. The Morgan fingerprint density at radius 2 is 1.77 bits per heavy atom. The molecular weight excluding hydrogens is 348 g/mol. The Labute approximate surface area is 134 Å². The van der Waals surface area contributed by atoms with Crippen LogP contribution >= 0.6 is 15.9 Å². The van der Waals surface area contributed by atoms with Gasteiger partial charge in [0.1, 0.15) is 0 Å². The average molecular weight is 359 g/mol. The monoisotopic (exact) mass is 358 g/mol. The van der Waals surface area contributed by atoms with Crippen molar-refractivity contribution in [2.24, 2.45) is 7.05 Å². The molecule has 0 aliphatic heterocycles. The highest BCUT2D eigenvalue weighted by Crippen LogP contribution is 2.25. The minimum atomic E-state index is -0.459. The van der Waals surface area contributed by atoms with Crippen LogP contribution in [0.3, 0.4) is 0 Å². The summed E-state index contributed by atoms with van der Waals surface area (Å²) in [6.07, 6.45) is 0. The fourth-order valence-corrected chi connectivity index (χ4v) is 2.80. The Morgan fingerprint density at radius 3 is 2.41 bits per heavy atom. The van der Waals surface area contributed by atoms with Crippen LogP contribution in [0.1, 0.15) is 0 Å². The number of pyridine rings is 1. The zero-order valence-electron chi connectivity index (χ0n) is 11.6. The summed E-state index contributed by atoms with van der Waals surface area (Å²) in [6.45, 7) is 0. The lowest BCUT2D eigenvalue weighted by Crippen LogP contribution is -2.18. The Morgan fingerprint density at radius 1 is 1.09 bits per heavy atom. The molecule has 0 fully saturated rings. The molecule has 22 heavy (non-hydrogen) atoms. The Bertz CT molecular complexity index is 946. The fourth-order valence-electron chi connectivity index (χ4n) is 2.42. The van der Waals surface area contributed by atoms with E-state index in [1.54, 1.807) is 23.7 Å². The number of nitrogens with zero attached hydrogens (tertiary/aromatic N) is 2. The van der Waals surface area contributed by atoms with Crippen molar-refractivity contribution in [3.05, 3.63) is 73.5 Å². The van der Waals surface area contributed by atoms with Crippen molar-refractivity contribution in [1.29, 1.82) is 0 Å². The van der Waals surface area contributed by atoms with Gasteiger partial charge >= 0.3 is 0 Å². The van der Waals surface area contributed by atoms with Gasteiger partial charge in [0.05, 0.1) is 10.4 Å². The van der Waals surface area contributed by atoms with Gasteiger partial charge in [-0.05, 0) is 42.0 Å². The summed E-state index contributed by atoms with van der Waals surface area (Å²) in [5.41, 5.74) is 1.88. The molecule has 1 aromatic heterocycles. The first-order valence-corrected chi connectivity index (χ1v) is 7.31. The smallest absolute Gasteiger partial charge is 0.269 e. The van der Waals surface area contributed by atoms with Crippen molar-refractivity contribution in [3.63, 3.8) is 0 Å². The standard InChI is InChI=1S/C16H11BrN2O3/c1-18-15-7-4-12(17)8-11(15)9-14(16(18)20)10-2-5-13(6-3-10)19(21)22/h2-9H,1H3. The molecule has 3 aromatic rings. The molecule has 0 bridgehead atoms. The maximum atomic E-state index is 12.5. The van der Waals surface area contributed by atoms with Gasteiger partial charge in [0.2, 0.25) is 0 Å². The van der Waals surface area contributed by atoms with Gasteiger partial charge in [-0.2, -0.15) is 0 Å². The lowest BCUT2D eigenvalue weighted by atomic mass is 10.0. The summed E-state index contributed by atoms with van der Waals surface area (Å²) in [4.78, 5) is 22.8. The maximum Gasteiger partial charge on any atom is 0.269 e. The highest BCUT2D eigenvalue weighted by Gasteiger charge is 2.11. The van der Waals surface area contributed by atoms with Crippen molar-refractivity contribution >= 4 is 32.5 Å². The molecule has 2 aromatic carbocycles. The van der Waals surface area contributed by atoms with E-state index in [-0.39, 0.29) is 11.2 Å². The number of aryl methyl sites for hydroxylation is 1. The SMILES string of the molecule is Cn1c(=O)c(-c2ccc([N+](=O)[O-])cc2)cc2cc(Br)ccc21. The molecule has 0 amide bonds. The van der Waals surface area contributed by atoms with E-state index in [2.05, 4.69) is 15.9 Å². The van der Waals surface area contributed by atoms with E-state index in [0.717, 1.165) is 15.4 Å². The molecule has 0 N–H and O–H groups in total. The van der Waals surface area contributed by atoms with Crippen LogP contribution in [0.15, 0.2) is 57.8 Å². The lowest BCUT2D eigenvalue weighted by Gasteiger charge is -2.09. The van der Waals surface area contributed by atoms with Gasteiger partial charge < -0.3 is 4.57 Å². The molecule has 110 valence electrons. The maximum absolute atomic E-state index is 12.5. The van der Waals surface area contributed by atoms with Gasteiger partial charge in [-0.25, -0.2) is 0 Å². The number of hydrogen-bond acceptors (Lipinski definition) is 3. The van der Waals surface area contributed by atoms with Crippen LogP contribution in [0.2, 0.25) is 0 Å².